The number of nitrogens with zero attached hydrogens (tertiary/aromatic N) is 2. The Labute approximate surface area is 198 Å². The number of hydrogen-bond donors (Lipinski definition) is 1. The average molecular weight is 460 g/mol. The number of anilines is 1. The lowest BCUT2D eigenvalue weighted by atomic mass is 9.68. The molecule has 2 aliphatic carbocycles. The number of thioether (sulfide) groups is 1. The molecule has 0 aliphatic heterocycles. The van der Waals surface area contributed by atoms with E-state index in [4.69, 9.17) is 4.98 Å². The highest BCUT2D eigenvalue weighted by Gasteiger charge is 2.44. The van der Waals surface area contributed by atoms with E-state index in [0.29, 0.717) is 11.7 Å². The van der Waals surface area contributed by atoms with E-state index in [2.05, 4.69) is 23.5 Å². The second-order valence-corrected chi connectivity index (χ2v) is 10.4. The van der Waals surface area contributed by atoms with E-state index < -0.39 is 5.25 Å². The average Bonchev–Trinajstić information content (AvgIpc) is 3.28. The van der Waals surface area contributed by atoms with Crippen LogP contribution in [0.25, 0.3) is 11.3 Å². The first kappa shape index (κ1) is 22.0. The lowest BCUT2D eigenvalue weighted by molar-refractivity contribution is -0.115. The van der Waals surface area contributed by atoms with Gasteiger partial charge in [0.1, 0.15) is 0 Å². The molecule has 1 spiro atoms. The molecule has 0 unspecified atom stereocenters. The summed E-state index contributed by atoms with van der Waals surface area (Å²) in [4.78, 5) is 31.8. The van der Waals surface area contributed by atoms with Crippen molar-refractivity contribution in [1.82, 2.24) is 9.55 Å². The highest BCUT2D eigenvalue weighted by atomic mass is 32.2. The number of hydrogen-bond acceptors (Lipinski definition) is 4. The van der Waals surface area contributed by atoms with Crippen molar-refractivity contribution in [2.75, 3.05) is 5.32 Å². The highest BCUT2D eigenvalue weighted by molar-refractivity contribution is 8.00. The lowest BCUT2D eigenvalue weighted by Crippen LogP contribution is -2.40. The molecule has 170 valence electrons. The molecule has 6 heteroatoms. The molecule has 1 N–H and O–H groups in total. The molecule has 1 aromatic heterocycles. The molecular formula is C27H29N3O2S. The largest absolute Gasteiger partial charge is 0.325 e. The fraction of sp³-hybridized carbons (Fsp3) is 0.370. The van der Waals surface area contributed by atoms with Crippen molar-refractivity contribution in [2.24, 2.45) is 0 Å². The van der Waals surface area contributed by atoms with Crippen molar-refractivity contribution in [3.8, 4) is 11.3 Å². The van der Waals surface area contributed by atoms with E-state index in [1.54, 1.807) is 4.57 Å². The molecule has 2 aromatic carbocycles. The van der Waals surface area contributed by atoms with Crippen LogP contribution in [-0.2, 0) is 23.2 Å². The lowest BCUT2D eigenvalue weighted by Gasteiger charge is -2.36. The van der Waals surface area contributed by atoms with E-state index in [9.17, 15) is 9.59 Å². The molecule has 5 rings (SSSR count). The summed E-state index contributed by atoms with van der Waals surface area (Å²) in [6.45, 7) is 4.37. The highest BCUT2D eigenvalue weighted by Crippen LogP contribution is 2.50. The normalized spacial score (nSPS) is 16.8. The van der Waals surface area contributed by atoms with Gasteiger partial charge in [0.25, 0.3) is 5.56 Å². The van der Waals surface area contributed by atoms with Crippen LogP contribution in [0.15, 0.2) is 64.5 Å². The number of rotatable bonds is 5. The van der Waals surface area contributed by atoms with Gasteiger partial charge in [0.05, 0.1) is 16.5 Å². The summed E-state index contributed by atoms with van der Waals surface area (Å²) >= 11 is 1.35. The van der Waals surface area contributed by atoms with Crippen molar-refractivity contribution in [3.63, 3.8) is 0 Å². The maximum absolute atomic E-state index is 13.9. The second-order valence-electron chi connectivity index (χ2n) is 9.10. The quantitative estimate of drug-likeness (QED) is 0.409. The van der Waals surface area contributed by atoms with Crippen LogP contribution in [-0.4, -0.2) is 20.7 Å². The fourth-order valence-electron chi connectivity index (χ4n) is 5.39. The SMILES string of the molecule is CCn1c(S[C@H](C)C(=O)Nc2ccccc2)nc2c(c1=O)C1(CCCC1)Cc1ccccc1-2. The molecule has 0 saturated heterocycles. The minimum atomic E-state index is -0.396. The van der Waals surface area contributed by atoms with Crippen LogP contribution in [0.2, 0.25) is 0 Å². The molecule has 33 heavy (non-hydrogen) atoms. The summed E-state index contributed by atoms with van der Waals surface area (Å²) in [6, 6.07) is 17.8. The Morgan fingerprint density at radius 2 is 1.82 bits per heavy atom. The number of carbonyl (C=O) groups excluding carboxylic acids is 1. The maximum atomic E-state index is 13.9. The Bertz CT molecular complexity index is 1250. The van der Waals surface area contributed by atoms with E-state index >= 15 is 0 Å². The molecule has 1 amide bonds. The first-order valence-electron chi connectivity index (χ1n) is 11.8. The summed E-state index contributed by atoms with van der Waals surface area (Å²) < 4.78 is 1.77. The Morgan fingerprint density at radius 3 is 2.55 bits per heavy atom. The fourth-order valence-corrected chi connectivity index (χ4v) is 6.36. The van der Waals surface area contributed by atoms with Crippen LogP contribution in [0.3, 0.4) is 0 Å². The molecule has 1 heterocycles. The van der Waals surface area contributed by atoms with Gasteiger partial charge in [-0.1, -0.05) is 67.1 Å². The topological polar surface area (TPSA) is 64.0 Å². The Morgan fingerprint density at radius 1 is 1.12 bits per heavy atom. The Kier molecular flexibility index (Phi) is 5.87. The second kappa shape index (κ2) is 8.82. The van der Waals surface area contributed by atoms with Gasteiger partial charge in [-0.2, -0.15) is 0 Å². The van der Waals surface area contributed by atoms with Crippen LogP contribution in [0.4, 0.5) is 5.69 Å². The summed E-state index contributed by atoms with van der Waals surface area (Å²) in [7, 11) is 0. The van der Waals surface area contributed by atoms with Crippen LogP contribution in [0, 0.1) is 0 Å². The van der Waals surface area contributed by atoms with Crippen LogP contribution < -0.4 is 10.9 Å². The van der Waals surface area contributed by atoms with Gasteiger partial charge < -0.3 is 5.32 Å². The van der Waals surface area contributed by atoms with Crippen molar-refractivity contribution in [2.45, 2.75) is 68.3 Å². The van der Waals surface area contributed by atoms with Gasteiger partial charge >= 0.3 is 0 Å². The summed E-state index contributed by atoms with van der Waals surface area (Å²) in [5, 5.41) is 3.17. The predicted octanol–water partition coefficient (Wildman–Crippen LogP) is 5.42. The zero-order valence-electron chi connectivity index (χ0n) is 19.1. The predicted molar refractivity (Wildman–Crippen MR) is 134 cm³/mol. The summed E-state index contributed by atoms with van der Waals surface area (Å²) in [5.41, 5.74) is 4.78. The minimum absolute atomic E-state index is 0.0667. The molecule has 0 radical (unpaired) electrons. The number of amides is 1. The number of para-hydroxylation sites is 1. The van der Waals surface area contributed by atoms with E-state index in [1.165, 1.54) is 17.3 Å². The zero-order valence-corrected chi connectivity index (χ0v) is 20.0. The third-order valence-electron chi connectivity index (χ3n) is 7.04. The Hall–Kier alpha value is -2.86. The third kappa shape index (κ3) is 3.90. The molecular weight excluding hydrogens is 430 g/mol. The third-order valence-corrected chi connectivity index (χ3v) is 8.13. The molecule has 0 bridgehead atoms. The molecule has 5 nitrogen and oxygen atoms in total. The van der Waals surface area contributed by atoms with Crippen LogP contribution >= 0.6 is 11.8 Å². The number of aromatic nitrogens is 2. The van der Waals surface area contributed by atoms with E-state index in [1.807, 2.05) is 50.2 Å². The zero-order chi connectivity index (χ0) is 23.0. The Balaban J connectivity index is 1.56. The van der Waals surface area contributed by atoms with Crippen LogP contribution in [0.1, 0.15) is 50.7 Å². The molecule has 1 atom stereocenters. The van der Waals surface area contributed by atoms with Gasteiger partial charge in [0, 0.05) is 23.2 Å². The molecule has 1 saturated carbocycles. The first-order valence-corrected chi connectivity index (χ1v) is 12.7. The van der Waals surface area contributed by atoms with Gasteiger partial charge in [-0.05, 0) is 50.8 Å². The van der Waals surface area contributed by atoms with E-state index in [0.717, 1.165) is 54.6 Å². The first-order chi connectivity index (χ1) is 16.0. The monoisotopic (exact) mass is 459 g/mol. The van der Waals surface area contributed by atoms with Crippen molar-refractivity contribution in [1.29, 1.82) is 0 Å². The summed E-state index contributed by atoms with van der Waals surface area (Å²) in [6.07, 6.45) is 5.30. The van der Waals surface area contributed by atoms with Gasteiger partial charge in [-0.25, -0.2) is 4.98 Å². The molecule has 2 aliphatic rings. The van der Waals surface area contributed by atoms with Crippen LogP contribution in [0.5, 0.6) is 0 Å². The molecule has 1 fully saturated rings. The van der Waals surface area contributed by atoms with Crippen molar-refractivity contribution >= 4 is 23.4 Å². The van der Waals surface area contributed by atoms with E-state index in [-0.39, 0.29) is 16.9 Å². The van der Waals surface area contributed by atoms with Gasteiger partial charge in [0.2, 0.25) is 5.91 Å². The number of fused-ring (bicyclic) bond motifs is 4. The minimum Gasteiger partial charge on any atom is -0.325 e. The smallest absolute Gasteiger partial charge is 0.258 e. The van der Waals surface area contributed by atoms with Crippen molar-refractivity contribution < 1.29 is 4.79 Å². The number of nitrogens with one attached hydrogen (secondary N) is 1. The number of carbonyl (C=O) groups is 1. The van der Waals surface area contributed by atoms with Gasteiger partial charge in [-0.3, -0.25) is 14.2 Å². The van der Waals surface area contributed by atoms with Crippen molar-refractivity contribution in [3.05, 3.63) is 76.1 Å². The molecule has 3 aromatic rings. The van der Waals surface area contributed by atoms with Gasteiger partial charge in [-0.15, -0.1) is 0 Å². The summed E-state index contributed by atoms with van der Waals surface area (Å²) in [5.74, 6) is -0.103. The maximum Gasteiger partial charge on any atom is 0.258 e. The van der Waals surface area contributed by atoms with Gasteiger partial charge in [0.15, 0.2) is 5.16 Å². The standard InChI is InChI=1S/C27H29N3O2S/c1-3-30-25(32)22-23(21-14-8-7-11-19(21)17-27(22)15-9-10-16-27)29-26(30)33-18(2)24(31)28-20-12-5-4-6-13-20/h4-8,11-14,18H,3,9-10,15-17H2,1-2H3,(H,28,31)/t18-/m1/s1. The number of benzene rings is 2.